The van der Waals surface area contributed by atoms with E-state index < -0.39 is 0 Å². The Morgan fingerprint density at radius 2 is 2.17 bits per heavy atom. The summed E-state index contributed by atoms with van der Waals surface area (Å²) in [6.07, 6.45) is 1.95. The fourth-order valence-electron chi connectivity index (χ4n) is 0.844. The molecule has 0 fully saturated rings. The highest BCUT2D eigenvalue weighted by molar-refractivity contribution is 9.11. The van der Waals surface area contributed by atoms with Crippen LogP contribution in [-0.2, 0) is 0 Å². The molecule has 0 saturated heterocycles. The van der Waals surface area contributed by atoms with E-state index in [1.807, 2.05) is 29.3 Å². The van der Waals surface area contributed by atoms with Crippen molar-refractivity contribution in [2.45, 2.75) is 0 Å². The van der Waals surface area contributed by atoms with E-state index in [0.29, 0.717) is 0 Å². The Labute approximate surface area is 88.7 Å². The zero-order chi connectivity index (χ0) is 8.97. The van der Waals surface area contributed by atoms with Crippen LogP contribution in [0.1, 0.15) is 5.56 Å². The molecular formula is C9H8Br2O. The summed E-state index contributed by atoms with van der Waals surface area (Å²) >= 11 is 6.66. The molecule has 0 amide bonds. The molecule has 3 heteroatoms. The van der Waals surface area contributed by atoms with Crippen molar-refractivity contribution in [1.82, 2.24) is 0 Å². The maximum absolute atomic E-state index is 5.09. The van der Waals surface area contributed by atoms with Gasteiger partial charge in [-0.05, 0) is 34.8 Å². The van der Waals surface area contributed by atoms with Crippen LogP contribution in [0.15, 0.2) is 27.7 Å². The van der Waals surface area contributed by atoms with Crippen molar-refractivity contribution in [3.63, 3.8) is 0 Å². The quantitative estimate of drug-likeness (QED) is 0.805. The van der Waals surface area contributed by atoms with Gasteiger partial charge in [0.05, 0.1) is 7.11 Å². The molecule has 12 heavy (non-hydrogen) atoms. The van der Waals surface area contributed by atoms with E-state index in [4.69, 9.17) is 4.74 Å². The van der Waals surface area contributed by atoms with E-state index in [0.717, 1.165) is 15.8 Å². The molecule has 0 saturated carbocycles. The average molecular weight is 292 g/mol. The Morgan fingerprint density at radius 3 is 2.75 bits per heavy atom. The molecule has 0 radical (unpaired) electrons. The molecule has 0 aromatic heterocycles. The molecule has 0 unspecified atom stereocenters. The Hall–Kier alpha value is -0.280. The topological polar surface area (TPSA) is 9.23 Å². The molecule has 0 N–H and O–H groups in total. The summed E-state index contributed by atoms with van der Waals surface area (Å²) in [6, 6.07) is 5.83. The molecule has 1 rings (SSSR count). The fourth-order valence-corrected chi connectivity index (χ4v) is 1.51. The van der Waals surface area contributed by atoms with Crippen LogP contribution in [0.4, 0.5) is 0 Å². The maximum Gasteiger partial charge on any atom is 0.119 e. The molecule has 0 bridgehead atoms. The van der Waals surface area contributed by atoms with Gasteiger partial charge in [0.25, 0.3) is 0 Å². The second-order valence-corrected chi connectivity index (χ2v) is 3.56. The molecule has 0 aliphatic rings. The fraction of sp³-hybridized carbons (Fsp3) is 0.111. The first-order valence-electron chi connectivity index (χ1n) is 3.38. The lowest BCUT2D eigenvalue weighted by Crippen LogP contribution is -1.83. The van der Waals surface area contributed by atoms with Crippen LogP contribution >= 0.6 is 31.9 Å². The molecule has 1 nitrogen and oxygen atoms in total. The predicted octanol–water partition coefficient (Wildman–Crippen LogP) is 3.82. The van der Waals surface area contributed by atoms with E-state index in [1.165, 1.54) is 0 Å². The number of ether oxygens (including phenoxy) is 1. The molecule has 1 aromatic rings. The van der Waals surface area contributed by atoms with Gasteiger partial charge < -0.3 is 4.74 Å². The second kappa shape index (κ2) is 4.67. The number of rotatable bonds is 2. The Bertz CT molecular complexity index is 295. The zero-order valence-corrected chi connectivity index (χ0v) is 9.72. The van der Waals surface area contributed by atoms with Gasteiger partial charge in [0, 0.05) is 4.47 Å². The van der Waals surface area contributed by atoms with E-state index in [1.54, 1.807) is 7.11 Å². The standard InChI is InChI=1S/C9H8Br2O/c1-12-8-2-3-9(11)7(6-8)4-5-10/h2-6H,1H3. The van der Waals surface area contributed by atoms with Gasteiger partial charge in [-0.2, -0.15) is 0 Å². The van der Waals surface area contributed by atoms with Crippen molar-refractivity contribution >= 4 is 37.9 Å². The van der Waals surface area contributed by atoms with Crippen LogP contribution in [0.25, 0.3) is 6.08 Å². The zero-order valence-electron chi connectivity index (χ0n) is 6.55. The molecular weight excluding hydrogens is 284 g/mol. The summed E-state index contributed by atoms with van der Waals surface area (Å²) in [7, 11) is 1.66. The largest absolute Gasteiger partial charge is 0.497 e. The van der Waals surface area contributed by atoms with Gasteiger partial charge in [-0.25, -0.2) is 0 Å². The monoisotopic (exact) mass is 290 g/mol. The first-order valence-corrected chi connectivity index (χ1v) is 5.09. The van der Waals surface area contributed by atoms with Crippen molar-refractivity contribution < 1.29 is 4.74 Å². The SMILES string of the molecule is COc1ccc(Br)c(C=CBr)c1. The number of hydrogen-bond donors (Lipinski definition) is 0. The van der Waals surface area contributed by atoms with Crippen LogP contribution in [0, 0.1) is 0 Å². The van der Waals surface area contributed by atoms with Crippen LogP contribution in [0.2, 0.25) is 0 Å². The highest BCUT2D eigenvalue weighted by Crippen LogP contribution is 2.23. The summed E-state index contributed by atoms with van der Waals surface area (Å²) < 4.78 is 6.14. The summed E-state index contributed by atoms with van der Waals surface area (Å²) in [5, 5.41) is 0. The highest BCUT2D eigenvalue weighted by Gasteiger charge is 1.97. The van der Waals surface area contributed by atoms with Crippen LogP contribution in [-0.4, -0.2) is 7.11 Å². The average Bonchev–Trinajstić information content (AvgIpc) is 2.09. The van der Waals surface area contributed by atoms with Crippen LogP contribution in [0.3, 0.4) is 0 Å². The third-order valence-electron chi connectivity index (χ3n) is 1.45. The Morgan fingerprint density at radius 1 is 1.42 bits per heavy atom. The lowest BCUT2D eigenvalue weighted by molar-refractivity contribution is 0.414. The molecule has 64 valence electrons. The number of methoxy groups -OCH3 is 1. The molecule has 0 aliphatic heterocycles. The van der Waals surface area contributed by atoms with Gasteiger partial charge in [0.1, 0.15) is 5.75 Å². The molecule has 0 spiro atoms. The number of benzene rings is 1. The summed E-state index contributed by atoms with van der Waals surface area (Å²) in [4.78, 5) is 1.81. The van der Waals surface area contributed by atoms with Gasteiger partial charge in [-0.1, -0.05) is 31.9 Å². The van der Waals surface area contributed by atoms with Crippen LogP contribution < -0.4 is 4.74 Å². The van der Waals surface area contributed by atoms with Gasteiger partial charge in [0.2, 0.25) is 0 Å². The third-order valence-corrected chi connectivity index (χ3v) is 2.43. The van der Waals surface area contributed by atoms with Crippen molar-refractivity contribution in [1.29, 1.82) is 0 Å². The van der Waals surface area contributed by atoms with Crippen molar-refractivity contribution in [2.75, 3.05) is 7.11 Å². The Kier molecular flexibility index (Phi) is 3.82. The van der Waals surface area contributed by atoms with Crippen LogP contribution in [0.5, 0.6) is 5.75 Å². The van der Waals surface area contributed by atoms with E-state index >= 15 is 0 Å². The maximum atomic E-state index is 5.09. The smallest absolute Gasteiger partial charge is 0.119 e. The lowest BCUT2D eigenvalue weighted by Gasteiger charge is -2.02. The summed E-state index contributed by atoms with van der Waals surface area (Å²) in [5.74, 6) is 0.860. The minimum absolute atomic E-state index is 0.860. The predicted molar refractivity (Wildman–Crippen MR) is 58.7 cm³/mol. The minimum atomic E-state index is 0.860. The van der Waals surface area contributed by atoms with E-state index in [-0.39, 0.29) is 0 Å². The molecule has 0 atom stereocenters. The minimum Gasteiger partial charge on any atom is -0.497 e. The first-order chi connectivity index (χ1) is 5.77. The summed E-state index contributed by atoms with van der Waals surface area (Å²) in [6.45, 7) is 0. The van der Waals surface area contributed by atoms with Crippen molar-refractivity contribution in [3.8, 4) is 5.75 Å². The lowest BCUT2D eigenvalue weighted by atomic mass is 10.2. The number of halogens is 2. The van der Waals surface area contributed by atoms with Gasteiger partial charge in [0.15, 0.2) is 0 Å². The third kappa shape index (κ3) is 2.35. The van der Waals surface area contributed by atoms with E-state index in [9.17, 15) is 0 Å². The Balaban J connectivity index is 3.08. The molecule has 1 aromatic carbocycles. The second-order valence-electron chi connectivity index (χ2n) is 2.18. The van der Waals surface area contributed by atoms with Gasteiger partial charge in [-0.15, -0.1) is 0 Å². The van der Waals surface area contributed by atoms with Crippen molar-refractivity contribution in [3.05, 3.63) is 33.2 Å². The first kappa shape index (κ1) is 9.81. The molecule has 0 heterocycles. The number of hydrogen-bond acceptors (Lipinski definition) is 1. The highest BCUT2D eigenvalue weighted by atomic mass is 79.9. The normalized spacial score (nSPS) is 10.6. The van der Waals surface area contributed by atoms with E-state index in [2.05, 4.69) is 31.9 Å². The van der Waals surface area contributed by atoms with Gasteiger partial charge >= 0.3 is 0 Å². The molecule has 0 aliphatic carbocycles. The summed E-state index contributed by atoms with van der Waals surface area (Å²) in [5.41, 5.74) is 1.09. The van der Waals surface area contributed by atoms with Gasteiger partial charge in [-0.3, -0.25) is 0 Å². The van der Waals surface area contributed by atoms with Crippen molar-refractivity contribution in [2.24, 2.45) is 0 Å².